The van der Waals surface area contributed by atoms with Crippen molar-refractivity contribution in [3.05, 3.63) is 48.5 Å². The molecule has 1 aromatic heterocycles. The molecule has 7 nitrogen and oxygen atoms in total. The van der Waals surface area contributed by atoms with Crippen LogP contribution in [0.3, 0.4) is 0 Å². The number of hydrogen-bond acceptors (Lipinski definition) is 5. The summed E-state index contributed by atoms with van der Waals surface area (Å²) in [5.41, 5.74) is 3.15. The van der Waals surface area contributed by atoms with Gasteiger partial charge in [-0.05, 0) is 50.2 Å². The number of amides is 1. The summed E-state index contributed by atoms with van der Waals surface area (Å²) in [4.78, 5) is 20.8. The van der Waals surface area contributed by atoms with E-state index in [1.807, 2.05) is 36.4 Å². The predicted octanol–water partition coefficient (Wildman–Crippen LogP) is 3.18. The van der Waals surface area contributed by atoms with Gasteiger partial charge in [-0.3, -0.25) is 4.79 Å². The van der Waals surface area contributed by atoms with Gasteiger partial charge < -0.3 is 15.6 Å². The number of para-hydroxylation sites is 2. The normalized spacial score (nSPS) is 15.6. The molecule has 4 rings (SSSR count). The van der Waals surface area contributed by atoms with Gasteiger partial charge in [-0.25, -0.2) is 13.4 Å². The molecule has 1 aliphatic heterocycles. The Balaban J connectivity index is 0.00000160. The first-order chi connectivity index (χ1) is 13.4. The summed E-state index contributed by atoms with van der Waals surface area (Å²) in [6, 6.07) is 15.0. The zero-order valence-corrected chi connectivity index (χ0v) is 18.8. The van der Waals surface area contributed by atoms with Crippen LogP contribution in [-0.2, 0) is 14.6 Å². The number of hydrogen-bond donors (Lipinski definition) is 3. The number of H-pyrrole nitrogens is 1. The van der Waals surface area contributed by atoms with E-state index in [-0.39, 0.29) is 37.7 Å². The zero-order valence-electron chi connectivity index (χ0n) is 16.3. The lowest BCUT2D eigenvalue weighted by molar-refractivity contribution is -0.119. The quantitative estimate of drug-likeness (QED) is 0.542. The maximum atomic E-state index is 13.0. The van der Waals surface area contributed by atoms with Crippen LogP contribution < -0.4 is 10.6 Å². The van der Waals surface area contributed by atoms with Gasteiger partial charge in [-0.2, -0.15) is 0 Å². The Bertz CT molecular complexity index is 1110. The van der Waals surface area contributed by atoms with E-state index in [2.05, 4.69) is 20.6 Å². The van der Waals surface area contributed by atoms with Crippen molar-refractivity contribution in [1.82, 2.24) is 15.3 Å². The molecule has 0 aliphatic carbocycles. The molecule has 30 heavy (non-hydrogen) atoms. The molecule has 0 radical (unpaired) electrons. The average molecular weight is 471 g/mol. The number of nitrogens with zero attached hydrogens (tertiary/aromatic N) is 1. The second kappa shape index (κ2) is 9.34. The number of imidazole rings is 1. The Labute approximate surface area is 187 Å². The van der Waals surface area contributed by atoms with Crippen LogP contribution in [0.5, 0.6) is 0 Å². The van der Waals surface area contributed by atoms with Gasteiger partial charge in [-0.1, -0.05) is 24.3 Å². The van der Waals surface area contributed by atoms with Crippen LogP contribution in [0.1, 0.15) is 12.8 Å². The van der Waals surface area contributed by atoms with Gasteiger partial charge in [0.2, 0.25) is 5.91 Å². The maximum Gasteiger partial charge on any atom is 0.245 e. The van der Waals surface area contributed by atoms with E-state index in [1.165, 1.54) is 0 Å². The SMILES string of the molecule is CS(=O)(=O)C1(C(=O)Nc2cccc(-c3nc4ccccc4[nH]3)c2)CCNCC1.Cl.Cl. The molecule has 1 aliphatic rings. The maximum absolute atomic E-state index is 13.0. The highest BCUT2D eigenvalue weighted by molar-refractivity contribution is 7.92. The fraction of sp³-hybridized carbons (Fsp3) is 0.300. The molecule has 0 atom stereocenters. The lowest BCUT2D eigenvalue weighted by atomic mass is 9.95. The standard InChI is InChI=1S/C20H22N4O3S.2ClH/c1-28(26,27)20(9-11-21-12-10-20)19(25)22-15-6-4-5-14(13-15)18-23-16-7-2-3-8-17(16)24-18;;/h2-8,13,21H,9-12H2,1H3,(H,22,25)(H,23,24);2*1H. The van der Waals surface area contributed by atoms with Crippen LogP contribution in [0.4, 0.5) is 5.69 Å². The molecule has 0 bridgehead atoms. The lowest BCUT2D eigenvalue weighted by Crippen LogP contribution is -2.55. The molecular weight excluding hydrogens is 447 g/mol. The van der Waals surface area contributed by atoms with Crippen molar-refractivity contribution in [3.8, 4) is 11.4 Å². The van der Waals surface area contributed by atoms with Gasteiger partial charge in [0.05, 0.1) is 11.0 Å². The number of carbonyl (C=O) groups is 1. The minimum Gasteiger partial charge on any atom is -0.338 e. The van der Waals surface area contributed by atoms with Crippen molar-refractivity contribution in [2.75, 3.05) is 24.7 Å². The highest BCUT2D eigenvalue weighted by Crippen LogP contribution is 2.30. The van der Waals surface area contributed by atoms with Crippen molar-refractivity contribution < 1.29 is 13.2 Å². The number of rotatable bonds is 4. The topological polar surface area (TPSA) is 104 Å². The summed E-state index contributed by atoms with van der Waals surface area (Å²) in [5.74, 6) is 0.218. The van der Waals surface area contributed by atoms with Crippen LogP contribution in [0.15, 0.2) is 48.5 Å². The van der Waals surface area contributed by atoms with Crippen LogP contribution in [0, 0.1) is 0 Å². The highest BCUT2D eigenvalue weighted by Gasteiger charge is 2.48. The van der Waals surface area contributed by atoms with Gasteiger partial charge in [0.1, 0.15) is 5.82 Å². The number of benzene rings is 2. The van der Waals surface area contributed by atoms with Crippen molar-refractivity contribution in [2.24, 2.45) is 0 Å². The van der Waals surface area contributed by atoms with Crippen molar-refractivity contribution >= 4 is 57.3 Å². The van der Waals surface area contributed by atoms with Crippen LogP contribution >= 0.6 is 24.8 Å². The molecule has 10 heteroatoms. The third-order valence-electron chi connectivity index (χ3n) is 5.32. The third kappa shape index (κ3) is 4.46. The first-order valence-electron chi connectivity index (χ1n) is 9.16. The van der Waals surface area contributed by atoms with E-state index in [0.717, 1.165) is 22.9 Å². The Kier molecular flexibility index (Phi) is 7.52. The van der Waals surface area contributed by atoms with Gasteiger partial charge >= 0.3 is 0 Å². The number of carbonyl (C=O) groups excluding carboxylic acids is 1. The van der Waals surface area contributed by atoms with Crippen molar-refractivity contribution in [2.45, 2.75) is 17.6 Å². The molecule has 1 saturated heterocycles. The summed E-state index contributed by atoms with van der Waals surface area (Å²) < 4.78 is 23.5. The molecule has 3 aromatic rings. The second-order valence-corrected chi connectivity index (χ2v) is 9.48. The molecule has 1 fully saturated rings. The van der Waals surface area contributed by atoms with Gasteiger partial charge in [0.25, 0.3) is 0 Å². The smallest absolute Gasteiger partial charge is 0.245 e. The molecular formula is C20H24Cl2N4O3S. The number of sulfone groups is 1. The molecule has 0 spiro atoms. The predicted molar refractivity (Wildman–Crippen MR) is 124 cm³/mol. The molecule has 3 N–H and O–H groups in total. The average Bonchev–Trinajstić information content (AvgIpc) is 3.12. The molecule has 1 amide bonds. The van der Waals surface area contributed by atoms with E-state index in [1.54, 1.807) is 12.1 Å². The Morgan fingerprint density at radius 2 is 1.77 bits per heavy atom. The number of anilines is 1. The van der Waals surface area contributed by atoms with Crippen LogP contribution in [0.25, 0.3) is 22.4 Å². The minimum absolute atomic E-state index is 0. The van der Waals surface area contributed by atoms with Gasteiger partial charge in [0.15, 0.2) is 14.6 Å². The third-order valence-corrected chi connectivity index (χ3v) is 7.33. The number of halogens is 2. The van der Waals surface area contributed by atoms with Gasteiger partial charge in [0, 0.05) is 17.5 Å². The van der Waals surface area contributed by atoms with E-state index >= 15 is 0 Å². The first-order valence-corrected chi connectivity index (χ1v) is 11.1. The molecule has 0 unspecified atom stereocenters. The molecule has 0 saturated carbocycles. The molecule has 2 aromatic carbocycles. The Morgan fingerprint density at radius 3 is 2.43 bits per heavy atom. The van der Waals surface area contributed by atoms with Gasteiger partial charge in [-0.15, -0.1) is 24.8 Å². The number of piperidine rings is 1. The monoisotopic (exact) mass is 470 g/mol. The fourth-order valence-electron chi connectivity index (χ4n) is 3.68. The summed E-state index contributed by atoms with van der Waals surface area (Å²) in [6.45, 7) is 0.999. The Morgan fingerprint density at radius 1 is 1.07 bits per heavy atom. The van der Waals surface area contributed by atoms with E-state index in [9.17, 15) is 13.2 Å². The minimum atomic E-state index is -3.56. The van der Waals surface area contributed by atoms with E-state index in [4.69, 9.17) is 0 Å². The second-order valence-electron chi connectivity index (χ2n) is 7.15. The zero-order chi connectivity index (χ0) is 19.8. The molecule has 162 valence electrons. The Hall–Kier alpha value is -2.13. The number of nitrogens with one attached hydrogen (secondary N) is 3. The van der Waals surface area contributed by atoms with E-state index < -0.39 is 20.5 Å². The van der Waals surface area contributed by atoms with Crippen molar-refractivity contribution in [3.63, 3.8) is 0 Å². The summed E-state index contributed by atoms with van der Waals surface area (Å²) in [6.07, 6.45) is 1.67. The van der Waals surface area contributed by atoms with Crippen LogP contribution in [0.2, 0.25) is 0 Å². The fourth-order valence-corrected chi connectivity index (χ4v) is 5.01. The number of aromatic nitrogens is 2. The van der Waals surface area contributed by atoms with E-state index in [0.29, 0.717) is 24.6 Å². The first kappa shape index (κ1) is 24.1. The molecule has 2 heterocycles. The number of aromatic amines is 1. The summed E-state index contributed by atoms with van der Waals surface area (Å²) >= 11 is 0. The largest absolute Gasteiger partial charge is 0.338 e. The summed E-state index contributed by atoms with van der Waals surface area (Å²) in [5, 5.41) is 5.93. The highest BCUT2D eigenvalue weighted by atomic mass is 35.5. The summed E-state index contributed by atoms with van der Waals surface area (Å²) in [7, 11) is -3.56. The number of fused-ring (bicyclic) bond motifs is 1. The van der Waals surface area contributed by atoms with Crippen LogP contribution in [-0.4, -0.2) is 48.4 Å². The lowest BCUT2D eigenvalue weighted by Gasteiger charge is -2.34. The van der Waals surface area contributed by atoms with Crippen molar-refractivity contribution in [1.29, 1.82) is 0 Å².